The lowest BCUT2D eigenvalue weighted by atomic mass is 9.88. The van der Waals surface area contributed by atoms with Gasteiger partial charge in [-0.1, -0.05) is 32.4 Å². The van der Waals surface area contributed by atoms with E-state index in [1.54, 1.807) is 6.07 Å². The fourth-order valence-corrected chi connectivity index (χ4v) is 1.38. The van der Waals surface area contributed by atoms with Gasteiger partial charge in [-0.25, -0.2) is 0 Å². The minimum Gasteiger partial charge on any atom is -0.366 e. The highest BCUT2D eigenvalue weighted by atomic mass is 35.5. The Kier molecular flexibility index (Phi) is 2.81. The summed E-state index contributed by atoms with van der Waals surface area (Å²) in [5.41, 5.74) is 6.10. The molecule has 1 aromatic rings. The van der Waals surface area contributed by atoms with E-state index < -0.39 is 5.91 Å². The lowest BCUT2D eigenvalue weighted by molar-refractivity contribution is 0.0997. The summed E-state index contributed by atoms with van der Waals surface area (Å²) in [5, 5.41) is 0.423. The van der Waals surface area contributed by atoms with Crippen molar-refractivity contribution in [3.05, 3.63) is 28.5 Å². The zero-order valence-corrected chi connectivity index (χ0v) is 9.22. The first-order chi connectivity index (χ1) is 6.32. The monoisotopic (exact) mass is 212 g/mol. The molecule has 0 aromatic carbocycles. The average Bonchev–Trinajstić information content (AvgIpc) is 2.01. The molecule has 0 bridgehead atoms. The molecule has 0 unspecified atom stereocenters. The molecule has 14 heavy (non-hydrogen) atoms. The topological polar surface area (TPSA) is 56.0 Å². The summed E-state index contributed by atoms with van der Waals surface area (Å²) >= 11 is 5.74. The van der Waals surface area contributed by atoms with Crippen molar-refractivity contribution in [1.82, 2.24) is 4.98 Å². The average molecular weight is 213 g/mol. The molecule has 1 amide bonds. The third-order valence-corrected chi connectivity index (χ3v) is 2.04. The number of rotatable bonds is 1. The minimum absolute atomic E-state index is 0.213. The van der Waals surface area contributed by atoms with Gasteiger partial charge in [-0.2, -0.15) is 0 Å². The van der Waals surface area contributed by atoms with Crippen LogP contribution in [0.2, 0.25) is 5.02 Å². The number of primary amides is 1. The largest absolute Gasteiger partial charge is 0.366 e. The summed E-state index contributed by atoms with van der Waals surface area (Å²) in [5.74, 6) is -0.495. The number of nitrogens with zero attached hydrogens (tertiary/aromatic N) is 1. The normalized spacial score (nSPS) is 11.4. The van der Waals surface area contributed by atoms with Crippen molar-refractivity contribution in [3.8, 4) is 0 Å². The molecule has 76 valence electrons. The van der Waals surface area contributed by atoms with Crippen LogP contribution in [-0.4, -0.2) is 10.9 Å². The number of pyridine rings is 1. The van der Waals surface area contributed by atoms with E-state index in [1.807, 2.05) is 20.8 Å². The van der Waals surface area contributed by atoms with Gasteiger partial charge in [0.1, 0.15) is 0 Å². The van der Waals surface area contributed by atoms with Crippen molar-refractivity contribution in [2.24, 2.45) is 5.73 Å². The highest BCUT2D eigenvalue weighted by Crippen LogP contribution is 2.25. The van der Waals surface area contributed by atoms with Gasteiger partial charge in [0, 0.05) is 11.6 Å². The van der Waals surface area contributed by atoms with Crippen LogP contribution in [0.15, 0.2) is 12.3 Å². The molecule has 0 aliphatic rings. The third kappa shape index (κ3) is 2.23. The van der Waals surface area contributed by atoms with Gasteiger partial charge in [-0.05, 0) is 6.07 Å². The Morgan fingerprint density at radius 1 is 1.50 bits per heavy atom. The van der Waals surface area contributed by atoms with E-state index >= 15 is 0 Å². The molecule has 0 fully saturated rings. The molecule has 0 saturated carbocycles. The lowest BCUT2D eigenvalue weighted by Crippen LogP contribution is -2.22. The van der Waals surface area contributed by atoms with Crippen molar-refractivity contribution in [2.75, 3.05) is 0 Å². The maximum absolute atomic E-state index is 11.1. The number of halogens is 1. The van der Waals surface area contributed by atoms with E-state index in [2.05, 4.69) is 4.98 Å². The van der Waals surface area contributed by atoms with Gasteiger partial charge in [0.25, 0.3) is 5.91 Å². The Balaban J connectivity index is 3.37. The summed E-state index contributed by atoms with van der Waals surface area (Å²) in [6.45, 7) is 5.90. The highest BCUT2D eigenvalue weighted by Gasteiger charge is 2.22. The molecule has 1 heterocycles. The first kappa shape index (κ1) is 11.0. The van der Waals surface area contributed by atoms with E-state index in [-0.39, 0.29) is 5.41 Å². The molecule has 2 N–H and O–H groups in total. The Labute approximate surface area is 88.3 Å². The molecular weight excluding hydrogens is 200 g/mol. The van der Waals surface area contributed by atoms with Crippen LogP contribution in [0.3, 0.4) is 0 Å². The van der Waals surface area contributed by atoms with E-state index in [1.165, 1.54) is 6.20 Å². The van der Waals surface area contributed by atoms with Gasteiger partial charge in [0.2, 0.25) is 0 Å². The molecule has 0 saturated heterocycles. The zero-order chi connectivity index (χ0) is 10.9. The van der Waals surface area contributed by atoms with Crippen molar-refractivity contribution in [2.45, 2.75) is 26.2 Å². The first-order valence-corrected chi connectivity index (χ1v) is 4.66. The number of aromatic nitrogens is 1. The predicted octanol–water partition coefficient (Wildman–Crippen LogP) is 2.13. The molecule has 0 aliphatic heterocycles. The second-order valence-electron chi connectivity index (χ2n) is 4.16. The maximum atomic E-state index is 11.1. The van der Waals surface area contributed by atoms with Crippen molar-refractivity contribution in [1.29, 1.82) is 0 Å². The Bertz CT molecular complexity index is 369. The molecule has 0 atom stereocenters. The second kappa shape index (κ2) is 3.58. The summed E-state index contributed by atoms with van der Waals surface area (Å²) in [7, 11) is 0. The Hall–Kier alpha value is -1.09. The van der Waals surface area contributed by atoms with Crippen LogP contribution in [-0.2, 0) is 5.41 Å². The highest BCUT2D eigenvalue weighted by molar-refractivity contribution is 6.30. The number of carbonyl (C=O) groups is 1. The number of carbonyl (C=O) groups excluding carboxylic acids is 1. The molecule has 0 radical (unpaired) electrons. The van der Waals surface area contributed by atoms with Gasteiger partial charge < -0.3 is 5.73 Å². The SMILES string of the molecule is CC(C)(C)c1ncc(Cl)cc1C(N)=O. The van der Waals surface area contributed by atoms with Gasteiger partial charge in [-0.3, -0.25) is 9.78 Å². The quantitative estimate of drug-likeness (QED) is 0.776. The molecule has 1 aromatic heterocycles. The van der Waals surface area contributed by atoms with E-state index in [0.717, 1.165) is 0 Å². The fourth-order valence-electron chi connectivity index (χ4n) is 1.22. The summed E-state index contributed by atoms with van der Waals surface area (Å²) in [4.78, 5) is 15.3. The van der Waals surface area contributed by atoms with Crippen LogP contribution in [0.5, 0.6) is 0 Å². The molecule has 0 spiro atoms. The van der Waals surface area contributed by atoms with E-state index in [0.29, 0.717) is 16.3 Å². The predicted molar refractivity (Wildman–Crippen MR) is 56.5 cm³/mol. The van der Waals surface area contributed by atoms with Gasteiger partial charge in [0.15, 0.2) is 0 Å². The van der Waals surface area contributed by atoms with Crippen LogP contribution in [0.1, 0.15) is 36.8 Å². The van der Waals surface area contributed by atoms with Crippen LogP contribution in [0.4, 0.5) is 0 Å². The smallest absolute Gasteiger partial charge is 0.250 e. The Morgan fingerprint density at radius 3 is 2.50 bits per heavy atom. The third-order valence-electron chi connectivity index (χ3n) is 1.83. The first-order valence-electron chi connectivity index (χ1n) is 4.28. The van der Waals surface area contributed by atoms with Crippen LogP contribution in [0, 0.1) is 0 Å². The van der Waals surface area contributed by atoms with Crippen LogP contribution >= 0.6 is 11.6 Å². The summed E-state index contributed by atoms with van der Waals surface area (Å²) in [6, 6.07) is 1.55. The van der Waals surface area contributed by atoms with Crippen LogP contribution < -0.4 is 5.73 Å². The van der Waals surface area contributed by atoms with Gasteiger partial charge in [0.05, 0.1) is 16.3 Å². The van der Waals surface area contributed by atoms with Crippen LogP contribution in [0.25, 0.3) is 0 Å². The van der Waals surface area contributed by atoms with Crippen molar-refractivity contribution >= 4 is 17.5 Å². The van der Waals surface area contributed by atoms with E-state index in [4.69, 9.17) is 17.3 Å². The standard InChI is InChI=1S/C10H13ClN2O/c1-10(2,3)8-7(9(12)14)4-6(11)5-13-8/h4-5H,1-3H3,(H2,12,14). The fraction of sp³-hybridized carbons (Fsp3) is 0.400. The summed E-state index contributed by atoms with van der Waals surface area (Å²) < 4.78 is 0. The molecule has 4 heteroatoms. The lowest BCUT2D eigenvalue weighted by Gasteiger charge is -2.20. The molecule has 0 aliphatic carbocycles. The number of amides is 1. The maximum Gasteiger partial charge on any atom is 0.250 e. The molecule has 3 nitrogen and oxygen atoms in total. The van der Waals surface area contributed by atoms with Gasteiger partial charge in [-0.15, -0.1) is 0 Å². The number of hydrogen-bond donors (Lipinski definition) is 1. The molecular formula is C10H13ClN2O. The van der Waals surface area contributed by atoms with Gasteiger partial charge >= 0.3 is 0 Å². The number of hydrogen-bond acceptors (Lipinski definition) is 2. The Morgan fingerprint density at radius 2 is 2.07 bits per heavy atom. The zero-order valence-electron chi connectivity index (χ0n) is 8.47. The summed E-state index contributed by atoms with van der Waals surface area (Å²) in [6.07, 6.45) is 1.52. The van der Waals surface area contributed by atoms with Crippen molar-refractivity contribution < 1.29 is 4.79 Å². The number of nitrogens with two attached hydrogens (primary N) is 1. The van der Waals surface area contributed by atoms with E-state index in [9.17, 15) is 4.79 Å². The second-order valence-corrected chi connectivity index (χ2v) is 4.60. The minimum atomic E-state index is -0.495. The molecule has 1 rings (SSSR count). The van der Waals surface area contributed by atoms with Crippen molar-refractivity contribution in [3.63, 3.8) is 0 Å².